The molecule has 4 nitrogen and oxygen atoms in total. The molecule has 4 heteroatoms. The number of hydrogen-bond acceptors (Lipinski definition) is 1. The highest BCUT2D eigenvalue weighted by Gasteiger charge is 2.59. The van der Waals surface area contributed by atoms with E-state index in [1.54, 1.807) is 0 Å². The van der Waals surface area contributed by atoms with Gasteiger partial charge in [-0.2, -0.15) is 0 Å². The van der Waals surface area contributed by atoms with Gasteiger partial charge in [-0.05, 0) is 57.6 Å². The summed E-state index contributed by atoms with van der Waals surface area (Å²) in [6, 6.07) is 3.74. The van der Waals surface area contributed by atoms with Crippen molar-refractivity contribution >= 4 is 17.3 Å². The van der Waals surface area contributed by atoms with Crippen LogP contribution in [-0.4, -0.2) is 35.6 Å². The molecular formula is C21H30N3O+. The molecule has 0 radical (unpaired) electrons. The molecular weight excluding hydrogens is 310 g/mol. The second-order valence-electron chi connectivity index (χ2n) is 7.87. The van der Waals surface area contributed by atoms with Crippen LogP contribution in [0.1, 0.15) is 56.6 Å². The SMILES string of the molecule is [C-]#[N+]c1cc(C)c(NC(=O)C2([N+]3(CC)CCCCC3)CCC2)c(C)c1. The highest BCUT2D eigenvalue weighted by molar-refractivity contribution is 5.99. The van der Waals surface area contributed by atoms with Crippen LogP contribution in [-0.2, 0) is 4.79 Å². The lowest BCUT2D eigenvalue weighted by Gasteiger charge is -2.57. The third kappa shape index (κ3) is 2.85. The van der Waals surface area contributed by atoms with E-state index in [1.165, 1.54) is 19.3 Å². The quantitative estimate of drug-likeness (QED) is 0.623. The molecule has 0 aromatic heterocycles. The van der Waals surface area contributed by atoms with Crippen LogP contribution < -0.4 is 5.32 Å². The molecule has 1 aliphatic heterocycles. The largest absolute Gasteiger partial charge is 0.320 e. The normalized spacial score (nSPS) is 21.0. The zero-order valence-electron chi connectivity index (χ0n) is 15.8. The fourth-order valence-corrected chi connectivity index (χ4v) is 5.03. The van der Waals surface area contributed by atoms with Crippen molar-refractivity contribution in [2.45, 2.75) is 64.8 Å². The minimum atomic E-state index is -0.244. The summed E-state index contributed by atoms with van der Waals surface area (Å²) in [5.74, 6) is 0.198. The van der Waals surface area contributed by atoms with Crippen molar-refractivity contribution in [3.8, 4) is 0 Å². The summed E-state index contributed by atoms with van der Waals surface area (Å²) in [4.78, 5) is 17.0. The standard InChI is InChI=1S/C21H29N3O/c1-5-24(12-7-6-8-13-24)21(10-9-11-21)20(25)23-19-16(2)14-18(22-4)15-17(19)3/h14-15H,5-13H2,1-3H3/p+1. The van der Waals surface area contributed by atoms with Gasteiger partial charge in [0, 0.05) is 18.5 Å². The summed E-state index contributed by atoms with van der Waals surface area (Å²) in [5, 5.41) is 3.27. The number of likely N-dealkylation sites (N-methyl/N-ethyl adjacent to an activating group) is 1. The van der Waals surface area contributed by atoms with Crippen LogP contribution in [0.25, 0.3) is 4.85 Å². The van der Waals surface area contributed by atoms with Gasteiger partial charge in [0.15, 0.2) is 11.2 Å². The molecule has 1 aromatic carbocycles. The average Bonchev–Trinajstić information content (AvgIpc) is 2.57. The Bertz CT molecular complexity index is 683. The Morgan fingerprint density at radius 1 is 1.16 bits per heavy atom. The van der Waals surface area contributed by atoms with Crippen molar-refractivity contribution in [3.05, 3.63) is 34.7 Å². The second kappa shape index (κ2) is 6.80. The maximum atomic E-state index is 13.5. The van der Waals surface area contributed by atoms with Crippen LogP contribution in [0.2, 0.25) is 0 Å². The zero-order chi connectivity index (χ0) is 18.1. The molecule has 25 heavy (non-hydrogen) atoms. The topological polar surface area (TPSA) is 33.5 Å². The van der Waals surface area contributed by atoms with Gasteiger partial charge in [0.05, 0.1) is 26.2 Å². The number of hydrogen-bond donors (Lipinski definition) is 1. The van der Waals surface area contributed by atoms with E-state index in [9.17, 15) is 4.79 Å². The van der Waals surface area contributed by atoms with Crippen molar-refractivity contribution in [3.63, 3.8) is 0 Å². The smallest absolute Gasteiger partial charge is 0.285 e. The number of anilines is 1. The summed E-state index contributed by atoms with van der Waals surface area (Å²) in [6.45, 7) is 16.7. The number of nitrogens with one attached hydrogen (secondary N) is 1. The number of aryl methyl sites for hydroxylation is 2. The molecule has 3 rings (SSSR count). The Morgan fingerprint density at radius 3 is 2.20 bits per heavy atom. The number of amides is 1. The Morgan fingerprint density at radius 2 is 1.76 bits per heavy atom. The number of nitrogens with zero attached hydrogens (tertiary/aromatic N) is 2. The van der Waals surface area contributed by atoms with Crippen LogP contribution in [0, 0.1) is 20.4 Å². The molecule has 0 spiro atoms. The number of piperidine rings is 1. The first-order chi connectivity index (χ1) is 12.0. The van der Waals surface area contributed by atoms with Crippen LogP contribution in [0.15, 0.2) is 12.1 Å². The fraction of sp³-hybridized carbons (Fsp3) is 0.619. The van der Waals surface area contributed by atoms with Crippen LogP contribution >= 0.6 is 0 Å². The Hall–Kier alpha value is -1.86. The van der Waals surface area contributed by atoms with Crippen molar-refractivity contribution in [2.75, 3.05) is 25.0 Å². The Kier molecular flexibility index (Phi) is 4.88. The maximum absolute atomic E-state index is 13.5. The number of benzene rings is 1. The van der Waals surface area contributed by atoms with E-state index in [2.05, 4.69) is 17.1 Å². The molecule has 1 N–H and O–H groups in total. The molecule has 1 saturated carbocycles. The van der Waals surface area contributed by atoms with Gasteiger partial charge in [0.25, 0.3) is 5.91 Å². The molecule has 2 aliphatic rings. The van der Waals surface area contributed by atoms with Gasteiger partial charge in [-0.25, -0.2) is 4.85 Å². The van der Waals surface area contributed by atoms with Crippen LogP contribution in [0.4, 0.5) is 11.4 Å². The highest BCUT2D eigenvalue weighted by Crippen LogP contribution is 2.46. The second-order valence-corrected chi connectivity index (χ2v) is 7.87. The molecule has 1 amide bonds. The number of carbonyl (C=O) groups excluding carboxylic acids is 1. The predicted octanol–water partition coefficient (Wildman–Crippen LogP) is 4.74. The minimum Gasteiger partial charge on any atom is -0.320 e. The first-order valence-corrected chi connectivity index (χ1v) is 9.64. The van der Waals surface area contributed by atoms with E-state index in [0.717, 1.165) is 60.2 Å². The lowest BCUT2D eigenvalue weighted by atomic mass is 9.71. The van der Waals surface area contributed by atoms with E-state index in [-0.39, 0.29) is 11.4 Å². The molecule has 1 heterocycles. The fourth-order valence-electron chi connectivity index (χ4n) is 5.03. The third-order valence-corrected chi connectivity index (χ3v) is 6.67. The molecule has 0 unspecified atom stereocenters. The van der Waals surface area contributed by atoms with Gasteiger partial charge in [0.1, 0.15) is 0 Å². The van der Waals surface area contributed by atoms with Gasteiger partial charge >= 0.3 is 0 Å². The summed E-state index contributed by atoms with van der Waals surface area (Å²) >= 11 is 0. The van der Waals surface area contributed by atoms with Gasteiger partial charge in [0.2, 0.25) is 0 Å². The van der Waals surface area contributed by atoms with E-state index in [1.807, 2.05) is 26.0 Å². The Labute approximate surface area is 151 Å². The molecule has 1 aromatic rings. The first-order valence-electron chi connectivity index (χ1n) is 9.64. The lowest BCUT2D eigenvalue weighted by Crippen LogP contribution is -2.73. The minimum absolute atomic E-state index is 0.198. The number of carbonyl (C=O) groups is 1. The van der Waals surface area contributed by atoms with Gasteiger partial charge in [-0.15, -0.1) is 0 Å². The number of likely N-dealkylation sites (tertiary alicyclic amines) is 1. The predicted molar refractivity (Wildman–Crippen MR) is 102 cm³/mol. The molecule has 0 bridgehead atoms. The molecule has 134 valence electrons. The van der Waals surface area contributed by atoms with E-state index >= 15 is 0 Å². The van der Waals surface area contributed by atoms with Gasteiger partial charge < -0.3 is 9.80 Å². The van der Waals surface area contributed by atoms with Gasteiger partial charge in [-0.3, -0.25) is 4.79 Å². The summed E-state index contributed by atoms with van der Waals surface area (Å²) in [5.41, 5.74) is 3.26. The van der Waals surface area contributed by atoms with E-state index in [0.29, 0.717) is 5.69 Å². The molecule has 1 aliphatic carbocycles. The van der Waals surface area contributed by atoms with Crippen molar-refractivity contribution in [2.24, 2.45) is 0 Å². The van der Waals surface area contributed by atoms with Gasteiger partial charge in [-0.1, -0.05) is 12.1 Å². The summed E-state index contributed by atoms with van der Waals surface area (Å²) < 4.78 is 0.969. The Balaban J connectivity index is 1.90. The van der Waals surface area contributed by atoms with Crippen molar-refractivity contribution in [1.29, 1.82) is 0 Å². The monoisotopic (exact) mass is 340 g/mol. The van der Waals surface area contributed by atoms with Crippen LogP contribution in [0.3, 0.4) is 0 Å². The molecule has 0 atom stereocenters. The van der Waals surface area contributed by atoms with Crippen molar-refractivity contribution in [1.82, 2.24) is 0 Å². The third-order valence-electron chi connectivity index (χ3n) is 6.67. The average molecular weight is 340 g/mol. The highest BCUT2D eigenvalue weighted by atomic mass is 16.2. The number of rotatable bonds is 4. The lowest BCUT2D eigenvalue weighted by molar-refractivity contribution is -0.974. The molecule has 2 fully saturated rings. The number of quaternary nitrogens is 1. The van der Waals surface area contributed by atoms with E-state index < -0.39 is 0 Å². The first kappa shape index (κ1) is 17.9. The summed E-state index contributed by atoms with van der Waals surface area (Å²) in [6.07, 6.45) is 6.94. The van der Waals surface area contributed by atoms with Crippen molar-refractivity contribution < 1.29 is 9.28 Å². The van der Waals surface area contributed by atoms with E-state index in [4.69, 9.17) is 6.57 Å². The van der Waals surface area contributed by atoms with Crippen LogP contribution in [0.5, 0.6) is 0 Å². The maximum Gasteiger partial charge on any atom is 0.285 e. The zero-order valence-corrected chi connectivity index (χ0v) is 15.8. The molecule has 1 saturated heterocycles. The summed E-state index contributed by atoms with van der Waals surface area (Å²) in [7, 11) is 0.